The molecule has 1 aromatic carbocycles. The summed E-state index contributed by atoms with van der Waals surface area (Å²) in [6.45, 7) is 5.42. The van der Waals surface area contributed by atoms with Crippen molar-refractivity contribution in [2.24, 2.45) is 0 Å². The molecule has 1 nitrogen and oxygen atoms in total. The maximum Gasteiger partial charge on any atom is 0.0538 e. The zero-order valence-electron chi connectivity index (χ0n) is 11.3. The normalized spacial score (nSPS) is 16.7. The number of nitrogens with one attached hydrogen (secondary N) is 1. The van der Waals surface area contributed by atoms with Crippen LogP contribution < -0.4 is 5.32 Å². The highest BCUT2D eigenvalue weighted by Crippen LogP contribution is 2.33. The topological polar surface area (TPSA) is 12.0 Å². The van der Waals surface area contributed by atoms with E-state index in [9.17, 15) is 0 Å². The van der Waals surface area contributed by atoms with Crippen LogP contribution in [0.1, 0.15) is 49.8 Å². The minimum absolute atomic E-state index is 0.379. The van der Waals surface area contributed by atoms with Gasteiger partial charge < -0.3 is 5.32 Å². The smallest absolute Gasteiger partial charge is 0.0538 e. The van der Waals surface area contributed by atoms with Crippen LogP contribution in [0, 0.1) is 6.92 Å². The molecule has 0 bridgehead atoms. The van der Waals surface area contributed by atoms with E-state index in [0.29, 0.717) is 6.04 Å². The van der Waals surface area contributed by atoms with Gasteiger partial charge in [0.1, 0.15) is 0 Å². The second-order valence-electron chi connectivity index (χ2n) is 5.06. The van der Waals surface area contributed by atoms with E-state index in [1.807, 2.05) is 6.07 Å². The number of rotatable bonds is 5. The van der Waals surface area contributed by atoms with Gasteiger partial charge in [0.15, 0.2) is 0 Å². The van der Waals surface area contributed by atoms with Crippen molar-refractivity contribution in [2.45, 2.75) is 45.6 Å². The van der Waals surface area contributed by atoms with E-state index in [1.54, 1.807) is 5.57 Å². The molecular formula is C16H22ClN. The van der Waals surface area contributed by atoms with Crippen molar-refractivity contribution in [3.05, 3.63) is 46.0 Å². The fraction of sp³-hybridized carbons (Fsp3) is 0.500. The number of hydrogen-bond donors (Lipinski definition) is 1. The lowest BCUT2D eigenvalue weighted by Crippen LogP contribution is -2.24. The quantitative estimate of drug-likeness (QED) is 0.753. The standard InChI is InChI=1S/C16H22ClN/c1-3-10-18-16(13-6-4-5-7-13)15-9-8-14(17)11-12(15)2/h6,8-9,11,16,18H,3-5,7,10H2,1-2H3. The predicted octanol–water partition coefficient (Wildman–Crippen LogP) is 4.80. The maximum atomic E-state index is 6.05. The molecule has 0 radical (unpaired) electrons. The van der Waals surface area contributed by atoms with Crippen molar-refractivity contribution in [3.63, 3.8) is 0 Å². The van der Waals surface area contributed by atoms with Crippen LogP contribution in [0.4, 0.5) is 0 Å². The highest BCUT2D eigenvalue weighted by molar-refractivity contribution is 6.30. The lowest BCUT2D eigenvalue weighted by Gasteiger charge is -2.22. The predicted molar refractivity (Wildman–Crippen MR) is 79.2 cm³/mol. The Morgan fingerprint density at radius 1 is 1.39 bits per heavy atom. The summed E-state index contributed by atoms with van der Waals surface area (Å²) in [5.74, 6) is 0. The van der Waals surface area contributed by atoms with Crippen LogP contribution in [0.2, 0.25) is 5.02 Å². The van der Waals surface area contributed by atoms with Crippen LogP contribution in [0.25, 0.3) is 0 Å². The summed E-state index contributed by atoms with van der Waals surface area (Å²) in [5.41, 5.74) is 4.21. The van der Waals surface area contributed by atoms with Crippen molar-refractivity contribution in [2.75, 3.05) is 6.54 Å². The molecule has 1 aromatic rings. The lowest BCUT2D eigenvalue weighted by molar-refractivity contribution is 0.576. The monoisotopic (exact) mass is 263 g/mol. The van der Waals surface area contributed by atoms with Crippen LogP contribution in [0.15, 0.2) is 29.8 Å². The molecule has 2 heteroatoms. The Bertz CT molecular complexity index is 437. The first kappa shape index (κ1) is 13.6. The van der Waals surface area contributed by atoms with E-state index in [0.717, 1.165) is 18.0 Å². The van der Waals surface area contributed by atoms with Crippen molar-refractivity contribution in [1.29, 1.82) is 0 Å². The third-order valence-electron chi connectivity index (χ3n) is 3.59. The van der Waals surface area contributed by atoms with Crippen molar-refractivity contribution < 1.29 is 0 Å². The highest BCUT2D eigenvalue weighted by atomic mass is 35.5. The summed E-state index contributed by atoms with van der Waals surface area (Å²) in [4.78, 5) is 0. The molecule has 18 heavy (non-hydrogen) atoms. The molecule has 1 N–H and O–H groups in total. The number of halogens is 1. The van der Waals surface area contributed by atoms with Gasteiger partial charge in [-0.3, -0.25) is 0 Å². The van der Waals surface area contributed by atoms with E-state index in [2.05, 4.69) is 37.4 Å². The van der Waals surface area contributed by atoms with Gasteiger partial charge >= 0.3 is 0 Å². The molecule has 0 aliphatic heterocycles. The Labute approximate surface area is 115 Å². The second-order valence-corrected chi connectivity index (χ2v) is 5.50. The average molecular weight is 264 g/mol. The molecule has 0 amide bonds. The maximum absolute atomic E-state index is 6.05. The van der Waals surface area contributed by atoms with Gasteiger partial charge in [0, 0.05) is 5.02 Å². The summed E-state index contributed by atoms with van der Waals surface area (Å²) < 4.78 is 0. The van der Waals surface area contributed by atoms with E-state index in [4.69, 9.17) is 11.6 Å². The zero-order valence-corrected chi connectivity index (χ0v) is 12.1. The minimum Gasteiger partial charge on any atom is -0.307 e. The SMILES string of the molecule is CCCNC(C1=CCCC1)c1ccc(Cl)cc1C. The number of aryl methyl sites for hydroxylation is 1. The van der Waals surface area contributed by atoms with Gasteiger partial charge in [-0.15, -0.1) is 0 Å². The van der Waals surface area contributed by atoms with E-state index in [-0.39, 0.29) is 0 Å². The molecule has 1 aliphatic rings. The van der Waals surface area contributed by atoms with Crippen LogP contribution in [-0.2, 0) is 0 Å². The van der Waals surface area contributed by atoms with Gasteiger partial charge in [0.05, 0.1) is 6.04 Å². The molecular weight excluding hydrogens is 242 g/mol. The molecule has 1 atom stereocenters. The Balaban J connectivity index is 2.26. The van der Waals surface area contributed by atoms with E-state index in [1.165, 1.54) is 30.4 Å². The summed E-state index contributed by atoms with van der Waals surface area (Å²) in [6, 6.07) is 6.61. The highest BCUT2D eigenvalue weighted by Gasteiger charge is 2.19. The summed E-state index contributed by atoms with van der Waals surface area (Å²) >= 11 is 6.05. The largest absolute Gasteiger partial charge is 0.307 e. The minimum atomic E-state index is 0.379. The Morgan fingerprint density at radius 2 is 2.22 bits per heavy atom. The number of benzene rings is 1. The molecule has 0 spiro atoms. The fourth-order valence-corrected chi connectivity index (χ4v) is 2.88. The van der Waals surface area contributed by atoms with Crippen LogP contribution >= 0.6 is 11.6 Å². The van der Waals surface area contributed by atoms with E-state index < -0.39 is 0 Å². The first-order valence-electron chi connectivity index (χ1n) is 6.90. The molecule has 0 aromatic heterocycles. The molecule has 1 unspecified atom stereocenters. The number of hydrogen-bond acceptors (Lipinski definition) is 1. The summed E-state index contributed by atoms with van der Waals surface area (Å²) in [6.07, 6.45) is 7.32. The first-order valence-corrected chi connectivity index (χ1v) is 7.28. The summed E-state index contributed by atoms with van der Waals surface area (Å²) in [7, 11) is 0. The molecule has 0 saturated heterocycles. The Morgan fingerprint density at radius 3 is 2.83 bits per heavy atom. The number of allylic oxidation sites excluding steroid dienone is 1. The van der Waals surface area contributed by atoms with Gasteiger partial charge in [-0.25, -0.2) is 0 Å². The Hall–Kier alpha value is -0.790. The average Bonchev–Trinajstić information content (AvgIpc) is 2.85. The molecule has 0 heterocycles. The molecule has 0 fully saturated rings. The van der Waals surface area contributed by atoms with Gasteiger partial charge in [-0.1, -0.05) is 36.2 Å². The van der Waals surface area contributed by atoms with Gasteiger partial charge in [0.2, 0.25) is 0 Å². The van der Waals surface area contributed by atoms with Gasteiger partial charge in [-0.2, -0.15) is 0 Å². The molecule has 2 rings (SSSR count). The molecule has 1 aliphatic carbocycles. The van der Waals surface area contributed by atoms with Crippen molar-refractivity contribution in [1.82, 2.24) is 5.32 Å². The second kappa shape index (κ2) is 6.40. The third-order valence-corrected chi connectivity index (χ3v) is 3.82. The van der Waals surface area contributed by atoms with Crippen molar-refractivity contribution >= 4 is 11.6 Å². The molecule has 98 valence electrons. The molecule has 0 saturated carbocycles. The van der Waals surface area contributed by atoms with Gasteiger partial charge in [-0.05, 0) is 62.4 Å². The van der Waals surface area contributed by atoms with Gasteiger partial charge in [0.25, 0.3) is 0 Å². The van der Waals surface area contributed by atoms with Crippen LogP contribution in [0.5, 0.6) is 0 Å². The van der Waals surface area contributed by atoms with Crippen LogP contribution in [0.3, 0.4) is 0 Å². The zero-order chi connectivity index (χ0) is 13.0. The first-order chi connectivity index (χ1) is 8.72. The third kappa shape index (κ3) is 3.15. The lowest BCUT2D eigenvalue weighted by atomic mass is 9.94. The summed E-state index contributed by atoms with van der Waals surface area (Å²) in [5, 5.41) is 4.50. The fourth-order valence-electron chi connectivity index (χ4n) is 2.65. The Kier molecular flexibility index (Phi) is 4.85. The van der Waals surface area contributed by atoms with Crippen molar-refractivity contribution in [3.8, 4) is 0 Å². The van der Waals surface area contributed by atoms with Crippen LogP contribution in [-0.4, -0.2) is 6.54 Å². The van der Waals surface area contributed by atoms with E-state index >= 15 is 0 Å².